The van der Waals surface area contributed by atoms with Crippen molar-refractivity contribution >= 4 is 17.8 Å². The van der Waals surface area contributed by atoms with Gasteiger partial charge in [0.05, 0.1) is 12.8 Å². The molecule has 16 heavy (non-hydrogen) atoms. The number of rotatable bonds is 4. The highest BCUT2D eigenvalue weighted by Crippen LogP contribution is 2.25. The Labute approximate surface area is 98.7 Å². The van der Waals surface area contributed by atoms with Crippen LogP contribution in [0.1, 0.15) is 6.42 Å². The number of nitrogens with one attached hydrogen (secondary N) is 1. The molecule has 0 aliphatic carbocycles. The Morgan fingerprint density at radius 2 is 2.44 bits per heavy atom. The normalized spacial score (nSPS) is 31.2. The maximum absolute atomic E-state index is 13.6. The van der Waals surface area contributed by atoms with Crippen LogP contribution in [0.5, 0.6) is 0 Å². The lowest BCUT2D eigenvalue weighted by molar-refractivity contribution is 0.251. The molecular weight excluding hydrogens is 233 g/mol. The molecule has 0 saturated carbocycles. The van der Waals surface area contributed by atoms with E-state index in [2.05, 4.69) is 16.9 Å². The van der Waals surface area contributed by atoms with Gasteiger partial charge in [0, 0.05) is 18.2 Å². The number of halogens is 2. The van der Waals surface area contributed by atoms with E-state index in [1.165, 1.54) is 12.3 Å². The summed E-state index contributed by atoms with van der Waals surface area (Å²) in [7, 11) is 0. The zero-order valence-electron chi connectivity index (χ0n) is 8.74. The Hall–Kier alpha value is -0.750. The minimum absolute atomic E-state index is 0.0515. The number of allylic oxidation sites excluding steroid dienone is 1. The second kappa shape index (κ2) is 6.10. The third-order valence-corrected chi connectivity index (χ3v) is 2.52. The molecule has 90 valence electrons. The van der Waals surface area contributed by atoms with E-state index in [-0.39, 0.29) is 23.6 Å². The number of aliphatic hydroxyl groups excluding tert-OH is 1. The Kier molecular flexibility index (Phi) is 5.08. The van der Waals surface area contributed by atoms with Gasteiger partial charge in [-0.2, -0.15) is 0 Å². The average Bonchev–Trinajstić information content (AvgIpc) is 2.59. The third kappa shape index (κ3) is 3.68. The van der Waals surface area contributed by atoms with Gasteiger partial charge >= 0.3 is 0 Å². The van der Waals surface area contributed by atoms with E-state index < -0.39 is 12.1 Å². The highest BCUT2D eigenvalue weighted by Gasteiger charge is 2.33. The highest BCUT2D eigenvalue weighted by atomic mass is 35.5. The number of aliphatic hydroxyl groups is 1. The largest absolute Gasteiger partial charge is 0.395 e. The lowest BCUT2D eigenvalue weighted by Crippen LogP contribution is -2.40. The van der Waals surface area contributed by atoms with Crippen molar-refractivity contribution in [2.24, 2.45) is 16.6 Å². The van der Waals surface area contributed by atoms with Crippen LogP contribution in [0.15, 0.2) is 28.6 Å². The van der Waals surface area contributed by atoms with Gasteiger partial charge in [-0.1, -0.05) is 18.2 Å². The summed E-state index contributed by atoms with van der Waals surface area (Å²) in [5, 5.41) is 11.9. The highest BCUT2D eigenvalue weighted by molar-refractivity contribution is 6.29. The van der Waals surface area contributed by atoms with Gasteiger partial charge in [-0.25, -0.2) is 9.38 Å². The van der Waals surface area contributed by atoms with E-state index >= 15 is 0 Å². The number of aliphatic imine (C=N–C) groups is 1. The molecule has 1 rings (SSSR count). The molecule has 4 nitrogen and oxygen atoms in total. The summed E-state index contributed by atoms with van der Waals surface area (Å²) in [6.07, 6.45) is 2.43. The molecular formula is C10H15ClFN3O. The van der Waals surface area contributed by atoms with Crippen molar-refractivity contribution < 1.29 is 9.50 Å². The van der Waals surface area contributed by atoms with Crippen LogP contribution in [0, 0.1) is 5.92 Å². The van der Waals surface area contributed by atoms with Gasteiger partial charge in [0.2, 0.25) is 0 Å². The molecule has 0 spiro atoms. The van der Waals surface area contributed by atoms with Gasteiger partial charge < -0.3 is 10.8 Å². The fourth-order valence-corrected chi connectivity index (χ4v) is 1.69. The summed E-state index contributed by atoms with van der Waals surface area (Å²) in [6, 6.07) is -0.154. The topological polar surface area (TPSA) is 70.6 Å². The van der Waals surface area contributed by atoms with Crippen LogP contribution in [0.2, 0.25) is 0 Å². The van der Waals surface area contributed by atoms with Crippen LogP contribution in [0.25, 0.3) is 0 Å². The van der Waals surface area contributed by atoms with Crippen molar-refractivity contribution in [2.45, 2.75) is 18.6 Å². The molecule has 0 aromatic heterocycles. The molecule has 4 N–H and O–H groups in total. The Morgan fingerprint density at radius 3 is 2.94 bits per heavy atom. The first-order chi connectivity index (χ1) is 7.54. The van der Waals surface area contributed by atoms with Gasteiger partial charge in [0.25, 0.3) is 0 Å². The average molecular weight is 248 g/mol. The molecule has 0 aromatic rings. The third-order valence-electron chi connectivity index (χ3n) is 2.42. The van der Waals surface area contributed by atoms with Crippen LogP contribution in [-0.4, -0.2) is 30.1 Å². The van der Waals surface area contributed by atoms with Gasteiger partial charge in [-0.3, -0.25) is 5.32 Å². The Balaban J connectivity index is 2.60. The van der Waals surface area contributed by atoms with Crippen LogP contribution in [0.3, 0.4) is 0 Å². The van der Waals surface area contributed by atoms with E-state index in [0.29, 0.717) is 6.42 Å². The number of nitrogens with two attached hydrogens (primary N) is 1. The quantitative estimate of drug-likeness (QED) is 0.510. The Bertz CT molecular complexity index is 319. The van der Waals surface area contributed by atoms with Crippen molar-refractivity contribution in [1.29, 1.82) is 0 Å². The number of hydrogen-bond donors (Lipinski definition) is 3. The monoisotopic (exact) mass is 247 g/mol. The maximum atomic E-state index is 13.6. The van der Waals surface area contributed by atoms with Crippen LogP contribution in [0.4, 0.5) is 4.39 Å². The molecule has 1 heterocycles. The molecule has 1 saturated heterocycles. The van der Waals surface area contributed by atoms with E-state index in [9.17, 15) is 4.39 Å². The lowest BCUT2D eigenvalue weighted by Gasteiger charge is -2.11. The van der Waals surface area contributed by atoms with Crippen LogP contribution < -0.4 is 11.1 Å². The molecule has 0 radical (unpaired) electrons. The van der Waals surface area contributed by atoms with Gasteiger partial charge in [0.1, 0.15) is 11.0 Å². The molecule has 0 bridgehead atoms. The summed E-state index contributed by atoms with van der Waals surface area (Å²) >= 11 is 5.38. The van der Waals surface area contributed by atoms with Crippen molar-refractivity contribution in [3.05, 3.63) is 23.6 Å². The number of nitrogens with zero attached hydrogens (tertiary/aromatic N) is 1. The van der Waals surface area contributed by atoms with Crippen LogP contribution in [-0.2, 0) is 0 Å². The van der Waals surface area contributed by atoms with Gasteiger partial charge in [-0.15, -0.1) is 0 Å². The molecule has 3 atom stereocenters. The minimum atomic E-state index is -0.485. The van der Waals surface area contributed by atoms with Crippen molar-refractivity contribution in [1.82, 2.24) is 5.32 Å². The zero-order valence-corrected chi connectivity index (χ0v) is 9.49. The fraction of sp³-hybridized carbons (Fsp3) is 0.500. The van der Waals surface area contributed by atoms with E-state index in [4.69, 9.17) is 22.4 Å². The van der Waals surface area contributed by atoms with E-state index in [0.717, 1.165) is 0 Å². The van der Waals surface area contributed by atoms with Crippen LogP contribution >= 0.6 is 11.6 Å². The number of hydrogen-bond acceptors (Lipinski definition) is 4. The lowest BCUT2D eigenvalue weighted by atomic mass is 10.0. The zero-order chi connectivity index (χ0) is 12.1. The summed E-state index contributed by atoms with van der Waals surface area (Å²) in [5.74, 6) is -0.815. The SMILES string of the molecule is C=C(Cl)/N=C\C=C(/F)C1C[C@H](CO)NC1N. The molecule has 0 amide bonds. The minimum Gasteiger partial charge on any atom is -0.395 e. The fourth-order valence-electron chi connectivity index (χ4n) is 1.63. The smallest absolute Gasteiger partial charge is 0.121 e. The maximum Gasteiger partial charge on any atom is 0.121 e. The summed E-state index contributed by atoms with van der Waals surface area (Å²) in [5.41, 5.74) is 5.69. The molecule has 2 unspecified atom stereocenters. The van der Waals surface area contributed by atoms with Crippen molar-refractivity contribution in [3.8, 4) is 0 Å². The summed E-state index contributed by atoms with van der Waals surface area (Å²) in [4.78, 5) is 3.62. The summed E-state index contributed by atoms with van der Waals surface area (Å²) in [6.45, 7) is 3.28. The molecule has 0 aromatic carbocycles. The second-order valence-electron chi connectivity index (χ2n) is 3.62. The van der Waals surface area contributed by atoms with E-state index in [1.54, 1.807) is 0 Å². The molecule has 6 heteroatoms. The standard InChI is InChI=1S/C10H15ClFN3O/c1-6(11)14-3-2-9(12)8-4-7(5-16)15-10(8)13/h2-3,7-8,10,15-16H,1,4-5,13H2/b9-2-,14-3-/t7-,8?,10?/m1/s1. The predicted molar refractivity (Wildman–Crippen MR) is 62.8 cm³/mol. The molecule has 1 aliphatic rings. The first kappa shape index (κ1) is 13.3. The van der Waals surface area contributed by atoms with Gasteiger partial charge in [-0.05, 0) is 12.5 Å². The second-order valence-corrected chi connectivity index (χ2v) is 4.06. The first-order valence-electron chi connectivity index (χ1n) is 4.91. The van der Waals surface area contributed by atoms with Crippen molar-refractivity contribution in [3.63, 3.8) is 0 Å². The molecule has 1 fully saturated rings. The molecule has 1 aliphatic heterocycles. The van der Waals surface area contributed by atoms with Crippen molar-refractivity contribution in [2.75, 3.05) is 6.61 Å². The van der Waals surface area contributed by atoms with E-state index in [1.807, 2.05) is 0 Å². The van der Waals surface area contributed by atoms with Gasteiger partial charge in [0.15, 0.2) is 0 Å². The summed E-state index contributed by atoms with van der Waals surface area (Å²) < 4.78 is 13.6. The predicted octanol–water partition coefficient (Wildman–Crippen LogP) is 0.876. The Morgan fingerprint density at radius 1 is 1.75 bits per heavy atom. The first-order valence-corrected chi connectivity index (χ1v) is 5.29.